The molecular formula is C24H30ClN5O. The highest BCUT2D eigenvalue weighted by atomic mass is 35.5. The number of halogens is 1. The quantitative estimate of drug-likeness (QED) is 0.599. The van der Waals surface area contributed by atoms with Crippen molar-refractivity contribution in [3.8, 4) is 0 Å². The summed E-state index contributed by atoms with van der Waals surface area (Å²) in [5.74, 6) is 0.209. The maximum absolute atomic E-state index is 12.9. The molecule has 0 N–H and O–H groups in total. The van der Waals surface area contributed by atoms with Crippen LogP contribution in [0.1, 0.15) is 47.6 Å². The van der Waals surface area contributed by atoms with E-state index in [0.29, 0.717) is 12.8 Å². The largest absolute Gasteiger partial charge is 0.340 e. The van der Waals surface area contributed by atoms with Gasteiger partial charge in [-0.25, -0.2) is 9.50 Å². The van der Waals surface area contributed by atoms with Crippen LogP contribution in [0.15, 0.2) is 30.3 Å². The highest BCUT2D eigenvalue weighted by molar-refractivity contribution is 6.31. The molecule has 1 fully saturated rings. The standard InChI is InChI=1S/C24H30ClN5O/c1-16-15-23-26-17(2)20(19(4)30(23)27-16)9-10-24(31)29-13-11-28(12-14-29)18(3)21-7-5-6-8-22(21)25/h5-8,15,18H,9-14H2,1-4H3. The van der Waals surface area contributed by atoms with Crippen molar-refractivity contribution in [3.05, 3.63) is 63.6 Å². The second-order valence-electron chi connectivity index (χ2n) is 8.43. The van der Waals surface area contributed by atoms with Crippen molar-refractivity contribution in [2.45, 2.75) is 46.6 Å². The second-order valence-corrected chi connectivity index (χ2v) is 8.84. The Morgan fingerprint density at radius 3 is 2.55 bits per heavy atom. The number of carbonyl (C=O) groups is 1. The summed E-state index contributed by atoms with van der Waals surface area (Å²) >= 11 is 6.38. The fourth-order valence-electron chi connectivity index (χ4n) is 4.56. The lowest BCUT2D eigenvalue weighted by atomic mass is 10.0. The third kappa shape index (κ3) is 4.46. The first-order valence-electron chi connectivity index (χ1n) is 10.9. The molecule has 4 rings (SSSR count). The van der Waals surface area contributed by atoms with Crippen molar-refractivity contribution in [3.63, 3.8) is 0 Å². The van der Waals surface area contributed by atoms with Gasteiger partial charge in [-0.3, -0.25) is 9.69 Å². The molecule has 1 atom stereocenters. The van der Waals surface area contributed by atoms with E-state index in [1.807, 2.05) is 47.5 Å². The fraction of sp³-hybridized carbons (Fsp3) is 0.458. The number of aromatic nitrogens is 3. The molecule has 31 heavy (non-hydrogen) atoms. The van der Waals surface area contributed by atoms with Crippen LogP contribution in [0.25, 0.3) is 5.65 Å². The van der Waals surface area contributed by atoms with Crippen LogP contribution in [0.5, 0.6) is 0 Å². The molecular weight excluding hydrogens is 410 g/mol. The zero-order chi connectivity index (χ0) is 22.1. The Morgan fingerprint density at radius 2 is 1.84 bits per heavy atom. The van der Waals surface area contributed by atoms with E-state index in [4.69, 9.17) is 11.6 Å². The maximum atomic E-state index is 12.9. The van der Waals surface area contributed by atoms with Gasteiger partial charge in [-0.15, -0.1) is 0 Å². The van der Waals surface area contributed by atoms with Crippen LogP contribution in [-0.4, -0.2) is 56.5 Å². The van der Waals surface area contributed by atoms with Gasteiger partial charge >= 0.3 is 0 Å². The number of hydrogen-bond acceptors (Lipinski definition) is 4. The Labute approximate surface area is 188 Å². The third-order valence-corrected chi connectivity index (χ3v) is 6.79. The number of rotatable bonds is 5. The zero-order valence-electron chi connectivity index (χ0n) is 18.7. The molecule has 0 saturated carbocycles. The monoisotopic (exact) mass is 439 g/mol. The number of amides is 1. The SMILES string of the molecule is Cc1cc2nc(C)c(CCC(=O)N3CCN(C(C)c4ccccc4Cl)CC3)c(C)n2n1. The van der Waals surface area contributed by atoms with Crippen molar-refractivity contribution < 1.29 is 4.79 Å². The molecule has 0 bridgehead atoms. The van der Waals surface area contributed by atoms with Gasteiger partial charge in [0.05, 0.1) is 5.69 Å². The Kier molecular flexibility index (Phi) is 6.30. The minimum atomic E-state index is 0.209. The van der Waals surface area contributed by atoms with Gasteiger partial charge in [-0.1, -0.05) is 29.8 Å². The summed E-state index contributed by atoms with van der Waals surface area (Å²) in [6.45, 7) is 11.4. The summed E-state index contributed by atoms with van der Waals surface area (Å²) in [6.07, 6.45) is 1.18. The van der Waals surface area contributed by atoms with Gasteiger partial charge in [0.1, 0.15) is 0 Å². The van der Waals surface area contributed by atoms with Crippen LogP contribution >= 0.6 is 11.6 Å². The van der Waals surface area contributed by atoms with E-state index in [-0.39, 0.29) is 11.9 Å². The van der Waals surface area contributed by atoms with Crippen molar-refractivity contribution in [1.29, 1.82) is 0 Å². The van der Waals surface area contributed by atoms with E-state index in [0.717, 1.165) is 65.1 Å². The minimum Gasteiger partial charge on any atom is -0.340 e. The van der Waals surface area contributed by atoms with Crippen LogP contribution in [0.4, 0.5) is 0 Å². The van der Waals surface area contributed by atoms with E-state index >= 15 is 0 Å². The van der Waals surface area contributed by atoms with Crippen molar-refractivity contribution in [2.24, 2.45) is 0 Å². The van der Waals surface area contributed by atoms with Gasteiger partial charge < -0.3 is 4.90 Å². The molecule has 1 aliphatic heterocycles. The molecule has 6 nitrogen and oxygen atoms in total. The summed E-state index contributed by atoms with van der Waals surface area (Å²) in [5.41, 5.74) is 6.14. The first-order chi connectivity index (χ1) is 14.8. The second kappa shape index (κ2) is 8.97. The Bertz CT molecular complexity index is 1100. The predicted octanol–water partition coefficient (Wildman–Crippen LogP) is 4.15. The van der Waals surface area contributed by atoms with E-state index in [1.54, 1.807) is 0 Å². The molecule has 3 aromatic rings. The molecule has 1 aliphatic rings. The molecule has 1 amide bonds. The summed E-state index contributed by atoms with van der Waals surface area (Å²) in [4.78, 5) is 22.0. The zero-order valence-corrected chi connectivity index (χ0v) is 19.5. The normalized spacial score (nSPS) is 16.1. The van der Waals surface area contributed by atoms with E-state index in [9.17, 15) is 4.79 Å². The Balaban J connectivity index is 1.36. The molecule has 0 aliphatic carbocycles. The molecule has 0 radical (unpaired) electrons. The van der Waals surface area contributed by atoms with Crippen molar-refractivity contribution >= 4 is 23.2 Å². The van der Waals surface area contributed by atoms with Gasteiger partial charge in [0.15, 0.2) is 5.65 Å². The summed E-state index contributed by atoms with van der Waals surface area (Å²) in [5, 5.41) is 5.33. The smallest absolute Gasteiger partial charge is 0.222 e. The highest BCUT2D eigenvalue weighted by Crippen LogP contribution is 2.28. The average Bonchev–Trinajstić information content (AvgIpc) is 3.13. The highest BCUT2D eigenvalue weighted by Gasteiger charge is 2.25. The number of benzene rings is 1. The Hall–Kier alpha value is -2.44. The number of carbonyl (C=O) groups excluding carboxylic acids is 1. The van der Waals surface area contributed by atoms with E-state index in [1.165, 1.54) is 0 Å². The van der Waals surface area contributed by atoms with Crippen LogP contribution in [0.3, 0.4) is 0 Å². The van der Waals surface area contributed by atoms with E-state index < -0.39 is 0 Å². The number of aryl methyl sites for hydroxylation is 3. The van der Waals surface area contributed by atoms with Crippen molar-refractivity contribution in [1.82, 2.24) is 24.4 Å². The maximum Gasteiger partial charge on any atom is 0.222 e. The topological polar surface area (TPSA) is 53.7 Å². The molecule has 7 heteroatoms. The molecule has 164 valence electrons. The fourth-order valence-corrected chi connectivity index (χ4v) is 4.86. The van der Waals surface area contributed by atoms with Crippen molar-refractivity contribution in [2.75, 3.05) is 26.2 Å². The first-order valence-corrected chi connectivity index (χ1v) is 11.3. The Morgan fingerprint density at radius 1 is 1.13 bits per heavy atom. The molecule has 1 unspecified atom stereocenters. The average molecular weight is 440 g/mol. The van der Waals surface area contributed by atoms with Crippen LogP contribution in [0.2, 0.25) is 5.02 Å². The lowest BCUT2D eigenvalue weighted by molar-refractivity contribution is -0.133. The van der Waals surface area contributed by atoms with Gasteiger partial charge in [0.25, 0.3) is 0 Å². The lowest BCUT2D eigenvalue weighted by Gasteiger charge is -2.38. The van der Waals surface area contributed by atoms with Gasteiger partial charge in [-0.05, 0) is 51.3 Å². The molecule has 2 aromatic heterocycles. The number of hydrogen-bond donors (Lipinski definition) is 0. The van der Waals surface area contributed by atoms with Gasteiger partial charge in [-0.2, -0.15) is 5.10 Å². The molecule has 1 saturated heterocycles. The predicted molar refractivity (Wildman–Crippen MR) is 124 cm³/mol. The van der Waals surface area contributed by atoms with Crippen LogP contribution in [-0.2, 0) is 11.2 Å². The third-order valence-electron chi connectivity index (χ3n) is 6.45. The first kappa shape index (κ1) is 21.8. The molecule has 0 spiro atoms. The lowest BCUT2D eigenvalue weighted by Crippen LogP contribution is -2.49. The number of piperazine rings is 1. The molecule has 3 heterocycles. The van der Waals surface area contributed by atoms with Gasteiger partial charge in [0, 0.05) is 61.1 Å². The number of fused-ring (bicyclic) bond motifs is 1. The minimum absolute atomic E-state index is 0.209. The van der Waals surface area contributed by atoms with E-state index in [2.05, 4.69) is 34.9 Å². The summed E-state index contributed by atoms with van der Waals surface area (Å²) in [6, 6.07) is 10.2. The van der Waals surface area contributed by atoms with Gasteiger partial charge in [0.2, 0.25) is 5.91 Å². The summed E-state index contributed by atoms with van der Waals surface area (Å²) in [7, 11) is 0. The number of nitrogens with zero attached hydrogens (tertiary/aromatic N) is 5. The molecule has 1 aromatic carbocycles. The van der Waals surface area contributed by atoms with Crippen LogP contribution in [0, 0.1) is 20.8 Å². The van der Waals surface area contributed by atoms with Crippen LogP contribution < -0.4 is 0 Å². The summed E-state index contributed by atoms with van der Waals surface area (Å²) < 4.78 is 1.89.